The number of hydrogen-bond acceptors (Lipinski definition) is 1. The zero-order valence-electron chi connectivity index (χ0n) is 11.7. The molecule has 0 aromatic rings. The molecule has 0 saturated carbocycles. The van der Waals surface area contributed by atoms with E-state index in [-0.39, 0.29) is 6.92 Å². The SMILES string of the molecule is CCC(F)(F)C(F)(F)C(F)(F)C(F)(F)C(F)(F)C(F)(F)C(F)(F)CO. The number of halogens is 14. The Hall–Kier alpha value is -1.02. The lowest BCUT2D eigenvalue weighted by molar-refractivity contribution is -0.442. The van der Waals surface area contributed by atoms with Crippen molar-refractivity contribution < 1.29 is 66.6 Å². The van der Waals surface area contributed by atoms with E-state index >= 15 is 0 Å². The van der Waals surface area contributed by atoms with Crippen LogP contribution in [-0.4, -0.2) is 53.2 Å². The summed E-state index contributed by atoms with van der Waals surface area (Å²) in [6.45, 7) is -3.21. The minimum Gasteiger partial charge on any atom is -0.390 e. The van der Waals surface area contributed by atoms with Crippen molar-refractivity contribution in [3.8, 4) is 0 Å². The molecule has 25 heavy (non-hydrogen) atoms. The first-order valence-corrected chi connectivity index (χ1v) is 5.88. The second-order valence-corrected chi connectivity index (χ2v) is 4.79. The van der Waals surface area contributed by atoms with Crippen LogP contribution in [0.1, 0.15) is 13.3 Å². The van der Waals surface area contributed by atoms with Crippen LogP contribution in [0.15, 0.2) is 0 Å². The van der Waals surface area contributed by atoms with Crippen molar-refractivity contribution in [3.63, 3.8) is 0 Å². The molecule has 0 fully saturated rings. The monoisotopic (exact) mass is 410 g/mol. The molecular weight excluding hydrogens is 402 g/mol. The molecule has 0 aliphatic rings. The molecule has 0 aliphatic heterocycles. The maximum absolute atomic E-state index is 13.1. The van der Waals surface area contributed by atoms with Gasteiger partial charge >= 0.3 is 41.5 Å². The Balaban J connectivity index is 6.46. The molecule has 1 N–H and O–H groups in total. The summed E-state index contributed by atoms with van der Waals surface area (Å²) >= 11 is 0. The molecular formula is C10H8F14O. The molecule has 0 aliphatic carbocycles. The summed E-state index contributed by atoms with van der Waals surface area (Å²) < 4.78 is 181. The molecule has 0 amide bonds. The number of rotatable bonds is 8. The lowest BCUT2D eigenvalue weighted by Gasteiger charge is -2.42. The first-order chi connectivity index (χ1) is 10.6. The summed E-state index contributed by atoms with van der Waals surface area (Å²) in [6, 6.07) is 0. The van der Waals surface area contributed by atoms with Crippen LogP contribution in [0.25, 0.3) is 0 Å². The van der Waals surface area contributed by atoms with Gasteiger partial charge in [-0.2, -0.15) is 61.5 Å². The smallest absolute Gasteiger partial charge is 0.384 e. The van der Waals surface area contributed by atoms with Gasteiger partial charge in [0.05, 0.1) is 0 Å². The highest BCUT2D eigenvalue weighted by Gasteiger charge is 2.92. The van der Waals surface area contributed by atoms with Crippen molar-refractivity contribution in [2.45, 2.75) is 54.8 Å². The van der Waals surface area contributed by atoms with Gasteiger partial charge in [0.2, 0.25) is 0 Å². The molecule has 1 nitrogen and oxygen atoms in total. The third kappa shape index (κ3) is 2.91. The quantitative estimate of drug-likeness (QED) is 0.569. The fourth-order valence-electron chi connectivity index (χ4n) is 1.37. The van der Waals surface area contributed by atoms with Crippen LogP contribution in [0, 0.1) is 0 Å². The van der Waals surface area contributed by atoms with Gasteiger partial charge in [0.1, 0.15) is 6.61 Å². The number of aliphatic hydroxyl groups is 1. The normalized spacial score (nSPS) is 16.3. The molecule has 15 heteroatoms. The van der Waals surface area contributed by atoms with Gasteiger partial charge in [-0.3, -0.25) is 0 Å². The Bertz CT molecular complexity index is 440. The van der Waals surface area contributed by atoms with Gasteiger partial charge < -0.3 is 5.11 Å². The molecule has 0 spiro atoms. The summed E-state index contributed by atoms with van der Waals surface area (Å²) in [7, 11) is 0. The van der Waals surface area contributed by atoms with Crippen molar-refractivity contribution in [3.05, 3.63) is 0 Å². The van der Waals surface area contributed by atoms with E-state index in [0.717, 1.165) is 0 Å². The predicted molar refractivity (Wildman–Crippen MR) is 52.0 cm³/mol. The van der Waals surface area contributed by atoms with E-state index in [4.69, 9.17) is 5.11 Å². The van der Waals surface area contributed by atoms with Crippen LogP contribution in [0.2, 0.25) is 0 Å². The third-order valence-corrected chi connectivity index (χ3v) is 3.14. The van der Waals surface area contributed by atoms with Gasteiger partial charge in [-0.15, -0.1) is 0 Å². The van der Waals surface area contributed by atoms with E-state index < -0.39 is 54.5 Å². The van der Waals surface area contributed by atoms with E-state index in [9.17, 15) is 61.5 Å². The molecule has 0 atom stereocenters. The minimum absolute atomic E-state index is 0.0504. The Morgan fingerprint density at radius 1 is 0.480 bits per heavy atom. The average Bonchev–Trinajstić information content (AvgIpc) is 2.45. The molecule has 0 aromatic heterocycles. The standard InChI is InChI=1S/C10H8F14O/c1-2-4(11,12)6(15,16)8(19,20)10(23,24)9(21,22)7(17,18)5(13,14)3-25/h25H,2-3H2,1H3. The Morgan fingerprint density at radius 3 is 0.960 bits per heavy atom. The first kappa shape index (κ1) is 24.0. The van der Waals surface area contributed by atoms with Gasteiger partial charge in [0.15, 0.2) is 0 Å². The van der Waals surface area contributed by atoms with Crippen molar-refractivity contribution in [1.29, 1.82) is 0 Å². The highest BCUT2D eigenvalue weighted by molar-refractivity contribution is 5.13. The fraction of sp³-hybridized carbons (Fsp3) is 1.00. The van der Waals surface area contributed by atoms with Crippen LogP contribution in [0.3, 0.4) is 0 Å². The van der Waals surface area contributed by atoms with Crippen molar-refractivity contribution in [2.24, 2.45) is 0 Å². The molecule has 0 aromatic carbocycles. The Kier molecular flexibility index (Phi) is 5.76. The topological polar surface area (TPSA) is 20.2 Å². The van der Waals surface area contributed by atoms with Gasteiger partial charge in [-0.05, 0) is 0 Å². The van der Waals surface area contributed by atoms with E-state index in [1.54, 1.807) is 0 Å². The van der Waals surface area contributed by atoms with E-state index in [2.05, 4.69) is 0 Å². The van der Waals surface area contributed by atoms with Crippen LogP contribution < -0.4 is 0 Å². The maximum atomic E-state index is 13.1. The summed E-state index contributed by atoms with van der Waals surface area (Å²) in [5, 5.41) is 7.82. The zero-order valence-corrected chi connectivity index (χ0v) is 11.7. The van der Waals surface area contributed by atoms with Crippen LogP contribution >= 0.6 is 0 Å². The molecule has 0 unspecified atom stereocenters. The summed E-state index contributed by atoms with van der Waals surface area (Å²) in [4.78, 5) is 0. The summed E-state index contributed by atoms with van der Waals surface area (Å²) in [5.74, 6) is -51.3. The van der Waals surface area contributed by atoms with Crippen molar-refractivity contribution in [1.82, 2.24) is 0 Å². The van der Waals surface area contributed by atoms with E-state index in [0.29, 0.717) is 0 Å². The van der Waals surface area contributed by atoms with Crippen LogP contribution in [0.4, 0.5) is 61.5 Å². The maximum Gasteiger partial charge on any atom is 0.384 e. The molecule has 0 radical (unpaired) electrons. The van der Waals surface area contributed by atoms with E-state index in [1.165, 1.54) is 0 Å². The Morgan fingerprint density at radius 2 is 0.720 bits per heavy atom. The van der Waals surface area contributed by atoms with Crippen molar-refractivity contribution >= 4 is 0 Å². The second-order valence-electron chi connectivity index (χ2n) is 4.79. The number of hydrogen-bond donors (Lipinski definition) is 1. The van der Waals surface area contributed by atoms with Crippen LogP contribution in [-0.2, 0) is 0 Å². The zero-order chi connectivity index (χ0) is 20.9. The lowest BCUT2D eigenvalue weighted by atomic mass is 9.89. The van der Waals surface area contributed by atoms with E-state index in [1.807, 2.05) is 0 Å². The largest absolute Gasteiger partial charge is 0.390 e. The van der Waals surface area contributed by atoms with Gasteiger partial charge in [-0.25, -0.2) is 0 Å². The highest BCUT2D eigenvalue weighted by Crippen LogP contribution is 2.62. The molecule has 152 valence electrons. The fourth-order valence-corrected chi connectivity index (χ4v) is 1.37. The molecule has 0 saturated heterocycles. The van der Waals surface area contributed by atoms with Crippen molar-refractivity contribution in [2.75, 3.05) is 6.61 Å². The minimum atomic E-state index is -8.07. The third-order valence-electron chi connectivity index (χ3n) is 3.14. The Labute approximate surface area is 129 Å². The second kappa shape index (κ2) is 6.01. The number of aliphatic hydroxyl groups excluding tert-OH is 1. The molecule has 0 heterocycles. The van der Waals surface area contributed by atoms with Gasteiger partial charge in [0, 0.05) is 6.42 Å². The summed E-state index contributed by atoms with van der Waals surface area (Å²) in [5.41, 5.74) is 0. The van der Waals surface area contributed by atoms with Crippen LogP contribution in [0.5, 0.6) is 0 Å². The average molecular weight is 410 g/mol. The molecule has 0 rings (SSSR count). The van der Waals surface area contributed by atoms with Gasteiger partial charge in [-0.1, -0.05) is 6.92 Å². The summed E-state index contributed by atoms with van der Waals surface area (Å²) in [6.07, 6.45) is -2.31. The highest BCUT2D eigenvalue weighted by atomic mass is 19.4. The first-order valence-electron chi connectivity index (χ1n) is 5.88. The number of alkyl halides is 14. The molecule has 0 bridgehead atoms. The predicted octanol–water partition coefficient (Wildman–Crippen LogP) is 4.84. The van der Waals surface area contributed by atoms with Gasteiger partial charge in [0.25, 0.3) is 0 Å². The lowest BCUT2D eigenvalue weighted by Crippen LogP contribution is -2.73.